The monoisotopic (exact) mass is 342 g/mol. The van der Waals surface area contributed by atoms with Crippen LogP contribution in [0, 0.1) is 5.92 Å². The zero-order valence-corrected chi connectivity index (χ0v) is 14.2. The largest absolute Gasteiger partial charge is 0.480 e. The minimum atomic E-state index is -3.27. The first-order valence-corrected chi connectivity index (χ1v) is 8.91. The highest BCUT2D eigenvalue weighted by Gasteiger charge is 2.23. The lowest BCUT2D eigenvalue weighted by molar-refractivity contribution is -0.140. The SMILES string of the molecule is CCS(=O)(=O)NCc1ccc(C(=O)N[C@@H](C(=O)O)C(C)C)cc1. The second-order valence-electron chi connectivity index (χ2n) is 5.45. The van der Waals surface area contributed by atoms with Crippen LogP contribution in [0.1, 0.15) is 36.7 Å². The van der Waals surface area contributed by atoms with Crippen molar-refractivity contribution in [1.29, 1.82) is 0 Å². The van der Waals surface area contributed by atoms with E-state index in [-0.39, 0.29) is 18.2 Å². The molecule has 128 valence electrons. The third-order valence-electron chi connectivity index (χ3n) is 3.31. The lowest BCUT2D eigenvalue weighted by atomic mass is 10.0. The summed E-state index contributed by atoms with van der Waals surface area (Å²) in [5.41, 5.74) is 1.02. The molecule has 0 saturated heterocycles. The minimum Gasteiger partial charge on any atom is -0.480 e. The Morgan fingerprint density at radius 2 is 1.74 bits per heavy atom. The number of aliphatic carboxylic acids is 1. The summed E-state index contributed by atoms with van der Waals surface area (Å²) in [5.74, 6) is -1.80. The fourth-order valence-corrected chi connectivity index (χ4v) is 2.40. The molecule has 8 heteroatoms. The predicted molar refractivity (Wildman–Crippen MR) is 86.5 cm³/mol. The molecule has 0 saturated carbocycles. The van der Waals surface area contributed by atoms with E-state index in [9.17, 15) is 18.0 Å². The topological polar surface area (TPSA) is 113 Å². The van der Waals surface area contributed by atoms with Gasteiger partial charge in [0.05, 0.1) is 5.75 Å². The summed E-state index contributed by atoms with van der Waals surface area (Å²) < 4.78 is 25.2. The molecule has 0 aliphatic heterocycles. The van der Waals surface area contributed by atoms with Gasteiger partial charge in [0.1, 0.15) is 6.04 Å². The van der Waals surface area contributed by atoms with Gasteiger partial charge in [-0.15, -0.1) is 0 Å². The summed E-state index contributed by atoms with van der Waals surface area (Å²) >= 11 is 0. The van der Waals surface area contributed by atoms with Crippen molar-refractivity contribution in [2.24, 2.45) is 5.92 Å². The van der Waals surface area contributed by atoms with Crippen molar-refractivity contribution in [3.63, 3.8) is 0 Å². The van der Waals surface area contributed by atoms with Crippen molar-refractivity contribution in [3.05, 3.63) is 35.4 Å². The number of carbonyl (C=O) groups is 2. The van der Waals surface area contributed by atoms with Crippen LogP contribution in [-0.4, -0.2) is 37.2 Å². The molecule has 0 aliphatic rings. The number of sulfonamides is 1. The predicted octanol–water partition coefficient (Wildman–Crippen LogP) is 0.965. The molecule has 23 heavy (non-hydrogen) atoms. The summed E-state index contributed by atoms with van der Waals surface area (Å²) in [5, 5.41) is 11.5. The molecule has 0 radical (unpaired) electrons. The van der Waals surface area contributed by atoms with Gasteiger partial charge in [0.25, 0.3) is 5.91 Å². The summed E-state index contributed by atoms with van der Waals surface area (Å²) in [4.78, 5) is 23.1. The van der Waals surface area contributed by atoms with Crippen LogP contribution in [0.25, 0.3) is 0 Å². The van der Waals surface area contributed by atoms with Crippen molar-refractivity contribution in [3.8, 4) is 0 Å². The lowest BCUT2D eigenvalue weighted by Crippen LogP contribution is -2.44. The average molecular weight is 342 g/mol. The van der Waals surface area contributed by atoms with Crippen molar-refractivity contribution in [2.45, 2.75) is 33.4 Å². The average Bonchev–Trinajstić information content (AvgIpc) is 2.50. The van der Waals surface area contributed by atoms with E-state index in [1.807, 2.05) is 0 Å². The first-order valence-electron chi connectivity index (χ1n) is 7.26. The number of hydrogen-bond acceptors (Lipinski definition) is 4. The van der Waals surface area contributed by atoms with Gasteiger partial charge in [0, 0.05) is 12.1 Å². The number of nitrogens with one attached hydrogen (secondary N) is 2. The Hall–Kier alpha value is -1.93. The van der Waals surface area contributed by atoms with Crippen LogP contribution in [0.3, 0.4) is 0 Å². The third-order valence-corrected chi connectivity index (χ3v) is 4.66. The standard InChI is InChI=1S/C15H22N2O5S/c1-4-23(21,22)16-9-11-5-7-12(8-6-11)14(18)17-13(10(2)3)15(19)20/h5-8,10,13,16H,4,9H2,1-3H3,(H,17,18)(H,19,20)/t13-/m1/s1. The Morgan fingerprint density at radius 3 is 2.17 bits per heavy atom. The number of carbonyl (C=O) groups excluding carboxylic acids is 1. The zero-order chi connectivity index (χ0) is 17.6. The van der Waals surface area contributed by atoms with Crippen LogP contribution >= 0.6 is 0 Å². The van der Waals surface area contributed by atoms with E-state index in [4.69, 9.17) is 5.11 Å². The van der Waals surface area contributed by atoms with E-state index < -0.39 is 27.9 Å². The van der Waals surface area contributed by atoms with E-state index in [0.717, 1.165) is 0 Å². The first kappa shape index (κ1) is 19.1. The number of hydrogen-bond donors (Lipinski definition) is 3. The lowest BCUT2D eigenvalue weighted by Gasteiger charge is -2.18. The van der Waals surface area contributed by atoms with Gasteiger partial charge in [0.15, 0.2) is 0 Å². The maximum atomic E-state index is 12.1. The Morgan fingerprint density at radius 1 is 1.17 bits per heavy atom. The molecule has 1 rings (SSSR count). The molecule has 3 N–H and O–H groups in total. The van der Waals surface area contributed by atoms with Crippen LogP contribution in [0.2, 0.25) is 0 Å². The van der Waals surface area contributed by atoms with E-state index in [2.05, 4.69) is 10.0 Å². The quantitative estimate of drug-likeness (QED) is 0.651. The molecule has 0 aromatic heterocycles. The number of carboxylic acids is 1. The van der Waals surface area contributed by atoms with Crippen molar-refractivity contribution in [2.75, 3.05) is 5.75 Å². The van der Waals surface area contributed by atoms with Crippen LogP contribution in [0.15, 0.2) is 24.3 Å². The smallest absolute Gasteiger partial charge is 0.326 e. The summed E-state index contributed by atoms with van der Waals surface area (Å²) in [6.07, 6.45) is 0. The van der Waals surface area contributed by atoms with Gasteiger partial charge in [-0.1, -0.05) is 26.0 Å². The number of rotatable bonds is 8. The number of benzene rings is 1. The molecule has 0 spiro atoms. The highest BCUT2D eigenvalue weighted by atomic mass is 32.2. The van der Waals surface area contributed by atoms with Crippen LogP contribution in [0.4, 0.5) is 0 Å². The van der Waals surface area contributed by atoms with Crippen molar-refractivity contribution < 1.29 is 23.1 Å². The van der Waals surface area contributed by atoms with E-state index >= 15 is 0 Å². The fraction of sp³-hybridized carbons (Fsp3) is 0.467. The molecule has 1 aromatic rings. The maximum Gasteiger partial charge on any atom is 0.326 e. The Labute approximate surface area is 136 Å². The van der Waals surface area contributed by atoms with Crippen LogP contribution in [-0.2, 0) is 21.4 Å². The fourth-order valence-electron chi connectivity index (χ4n) is 1.81. The van der Waals surface area contributed by atoms with Gasteiger partial charge < -0.3 is 10.4 Å². The van der Waals surface area contributed by atoms with E-state index in [1.54, 1.807) is 32.9 Å². The molecular weight excluding hydrogens is 320 g/mol. The zero-order valence-electron chi connectivity index (χ0n) is 13.4. The molecule has 0 heterocycles. The molecular formula is C15H22N2O5S. The minimum absolute atomic E-state index is 0.000726. The van der Waals surface area contributed by atoms with E-state index in [1.165, 1.54) is 12.1 Å². The van der Waals surface area contributed by atoms with Crippen molar-refractivity contribution >= 4 is 21.9 Å². The van der Waals surface area contributed by atoms with Gasteiger partial charge >= 0.3 is 5.97 Å². The summed E-state index contributed by atoms with van der Waals surface area (Å²) in [6.45, 7) is 5.11. The highest BCUT2D eigenvalue weighted by Crippen LogP contribution is 2.08. The molecule has 0 aliphatic carbocycles. The molecule has 7 nitrogen and oxygen atoms in total. The molecule has 1 aromatic carbocycles. The first-order chi connectivity index (χ1) is 10.7. The van der Waals surface area contributed by atoms with Gasteiger partial charge in [0.2, 0.25) is 10.0 Å². The summed E-state index contributed by atoms with van der Waals surface area (Å²) in [7, 11) is -3.27. The van der Waals surface area contributed by atoms with Crippen molar-refractivity contribution in [1.82, 2.24) is 10.0 Å². The maximum absolute atomic E-state index is 12.1. The number of amides is 1. The highest BCUT2D eigenvalue weighted by molar-refractivity contribution is 7.89. The second-order valence-corrected chi connectivity index (χ2v) is 7.55. The van der Waals surface area contributed by atoms with Gasteiger partial charge in [-0.3, -0.25) is 4.79 Å². The summed E-state index contributed by atoms with van der Waals surface area (Å²) in [6, 6.07) is 5.35. The Kier molecular flexibility index (Phi) is 6.71. The van der Waals surface area contributed by atoms with Gasteiger partial charge in [-0.2, -0.15) is 0 Å². The molecule has 0 bridgehead atoms. The van der Waals surface area contributed by atoms with Gasteiger partial charge in [-0.05, 0) is 30.5 Å². The molecule has 0 unspecified atom stereocenters. The second kappa shape index (κ2) is 8.07. The third kappa shape index (κ3) is 5.99. The Balaban J connectivity index is 2.72. The van der Waals surface area contributed by atoms with E-state index in [0.29, 0.717) is 11.1 Å². The Bertz CT molecular complexity index is 653. The molecule has 0 fully saturated rings. The molecule has 1 atom stereocenters. The molecule has 1 amide bonds. The van der Waals surface area contributed by atoms with Crippen LogP contribution in [0.5, 0.6) is 0 Å². The number of carboxylic acid groups (broad SMARTS) is 1. The normalized spacial score (nSPS) is 12.9. The van der Waals surface area contributed by atoms with Gasteiger partial charge in [-0.25, -0.2) is 17.9 Å². The van der Waals surface area contributed by atoms with Crippen LogP contribution < -0.4 is 10.0 Å².